The predicted molar refractivity (Wildman–Crippen MR) is 75.8 cm³/mol. The minimum Gasteiger partial charge on any atom is -0.291 e. The van der Waals surface area contributed by atoms with E-state index in [9.17, 15) is 4.79 Å². The molecule has 0 saturated carbocycles. The van der Waals surface area contributed by atoms with Crippen LogP contribution in [0.5, 0.6) is 0 Å². The van der Waals surface area contributed by atoms with E-state index in [0.717, 1.165) is 25.0 Å². The number of aromatic nitrogens is 2. The van der Waals surface area contributed by atoms with Gasteiger partial charge in [-0.15, -0.1) is 0 Å². The lowest BCUT2D eigenvalue weighted by Crippen LogP contribution is -2.27. The first-order valence-corrected chi connectivity index (χ1v) is 6.68. The molecule has 0 radical (unpaired) electrons. The molecule has 1 aliphatic carbocycles. The smallest absolute Gasteiger partial charge is 0.250 e. The SMILES string of the molecule is C=CC(=O)Nc1ncc2c(n1)CCC(C(C)(C)C)C2. The van der Waals surface area contributed by atoms with E-state index in [2.05, 4.69) is 42.6 Å². The number of carbonyl (C=O) groups is 1. The molecule has 1 aromatic heterocycles. The highest BCUT2D eigenvalue weighted by Crippen LogP contribution is 2.36. The number of carbonyl (C=O) groups excluding carboxylic acids is 1. The fourth-order valence-electron chi connectivity index (χ4n) is 2.47. The summed E-state index contributed by atoms with van der Waals surface area (Å²) in [6, 6.07) is 0. The lowest BCUT2D eigenvalue weighted by Gasteiger charge is -2.34. The molecule has 1 heterocycles. The van der Waals surface area contributed by atoms with Crippen LogP contribution in [0.1, 0.15) is 38.4 Å². The number of rotatable bonds is 2. The van der Waals surface area contributed by atoms with Crippen LogP contribution in [0.2, 0.25) is 0 Å². The third kappa shape index (κ3) is 3.19. The summed E-state index contributed by atoms with van der Waals surface area (Å²) in [6.07, 6.45) is 6.19. The lowest BCUT2D eigenvalue weighted by molar-refractivity contribution is -0.111. The second-order valence-electron chi connectivity index (χ2n) is 6.16. The molecule has 1 unspecified atom stereocenters. The van der Waals surface area contributed by atoms with Gasteiger partial charge in [0.1, 0.15) is 0 Å². The summed E-state index contributed by atoms with van der Waals surface area (Å²) >= 11 is 0. The summed E-state index contributed by atoms with van der Waals surface area (Å²) in [6.45, 7) is 10.3. The van der Waals surface area contributed by atoms with Crippen molar-refractivity contribution in [3.63, 3.8) is 0 Å². The molecular formula is C15H21N3O. The largest absolute Gasteiger partial charge is 0.291 e. The van der Waals surface area contributed by atoms with Gasteiger partial charge in [-0.25, -0.2) is 9.97 Å². The maximum Gasteiger partial charge on any atom is 0.250 e. The summed E-state index contributed by atoms with van der Waals surface area (Å²) in [5.41, 5.74) is 2.59. The normalized spacial score (nSPS) is 18.6. The van der Waals surface area contributed by atoms with Crippen LogP contribution in [0.15, 0.2) is 18.9 Å². The Morgan fingerprint density at radius 1 is 1.53 bits per heavy atom. The van der Waals surface area contributed by atoms with Crippen molar-refractivity contribution in [2.75, 3.05) is 5.32 Å². The Morgan fingerprint density at radius 3 is 2.89 bits per heavy atom. The molecule has 4 nitrogen and oxygen atoms in total. The van der Waals surface area contributed by atoms with Gasteiger partial charge in [-0.3, -0.25) is 10.1 Å². The molecule has 1 aliphatic rings. The topological polar surface area (TPSA) is 54.9 Å². The van der Waals surface area contributed by atoms with E-state index in [1.54, 1.807) is 0 Å². The Hall–Kier alpha value is -1.71. The van der Waals surface area contributed by atoms with E-state index < -0.39 is 0 Å². The molecular weight excluding hydrogens is 238 g/mol. The summed E-state index contributed by atoms with van der Waals surface area (Å²) in [7, 11) is 0. The van der Waals surface area contributed by atoms with Crippen molar-refractivity contribution >= 4 is 11.9 Å². The van der Waals surface area contributed by atoms with Crippen LogP contribution in [0.25, 0.3) is 0 Å². The van der Waals surface area contributed by atoms with Gasteiger partial charge in [0.15, 0.2) is 0 Å². The number of aryl methyl sites for hydroxylation is 1. The number of anilines is 1. The van der Waals surface area contributed by atoms with E-state index in [-0.39, 0.29) is 5.91 Å². The van der Waals surface area contributed by atoms with Gasteiger partial charge < -0.3 is 0 Å². The molecule has 1 N–H and O–H groups in total. The van der Waals surface area contributed by atoms with Crippen LogP contribution in [0.3, 0.4) is 0 Å². The number of fused-ring (bicyclic) bond motifs is 1. The third-order valence-corrected chi connectivity index (χ3v) is 3.80. The van der Waals surface area contributed by atoms with Gasteiger partial charge in [0.2, 0.25) is 11.9 Å². The predicted octanol–water partition coefficient (Wildman–Crippen LogP) is 2.75. The number of nitrogens with one attached hydrogen (secondary N) is 1. The van der Waals surface area contributed by atoms with Crippen molar-refractivity contribution in [1.29, 1.82) is 0 Å². The van der Waals surface area contributed by atoms with E-state index in [0.29, 0.717) is 17.3 Å². The first kappa shape index (κ1) is 13.7. The quantitative estimate of drug-likeness (QED) is 0.831. The van der Waals surface area contributed by atoms with Crippen molar-refractivity contribution in [1.82, 2.24) is 9.97 Å². The summed E-state index contributed by atoms with van der Waals surface area (Å²) < 4.78 is 0. The van der Waals surface area contributed by atoms with Crippen LogP contribution >= 0.6 is 0 Å². The standard InChI is InChI=1S/C15H21N3O/c1-5-13(19)18-14-16-9-10-8-11(15(2,3)4)6-7-12(10)17-14/h5,9,11H,1,6-8H2,2-4H3,(H,16,17,18,19). The fourth-order valence-corrected chi connectivity index (χ4v) is 2.47. The molecule has 4 heteroatoms. The Kier molecular flexibility index (Phi) is 3.69. The second-order valence-corrected chi connectivity index (χ2v) is 6.16. The first-order chi connectivity index (χ1) is 8.90. The molecule has 0 spiro atoms. The zero-order valence-corrected chi connectivity index (χ0v) is 11.9. The van der Waals surface area contributed by atoms with Crippen LogP contribution in [0, 0.1) is 11.3 Å². The Labute approximate surface area is 114 Å². The van der Waals surface area contributed by atoms with E-state index in [4.69, 9.17) is 0 Å². The molecule has 1 atom stereocenters. The number of hydrogen-bond acceptors (Lipinski definition) is 3. The van der Waals surface area contributed by atoms with Gasteiger partial charge in [-0.1, -0.05) is 27.4 Å². The maximum absolute atomic E-state index is 11.2. The summed E-state index contributed by atoms with van der Waals surface area (Å²) in [5.74, 6) is 0.762. The molecule has 2 rings (SSSR count). The van der Waals surface area contributed by atoms with Crippen LogP contribution < -0.4 is 5.32 Å². The Balaban J connectivity index is 2.16. The maximum atomic E-state index is 11.2. The Bertz CT molecular complexity index is 503. The second kappa shape index (κ2) is 5.11. The molecule has 1 aromatic rings. The van der Waals surface area contributed by atoms with Crippen molar-refractivity contribution in [3.8, 4) is 0 Å². The monoisotopic (exact) mass is 259 g/mol. The van der Waals surface area contributed by atoms with Gasteiger partial charge in [-0.05, 0) is 42.2 Å². The minimum absolute atomic E-state index is 0.275. The molecule has 1 amide bonds. The number of nitrogens with zero attached hydrogens (tertiary/aromatic N) is 2. The van der Waals surface area contributed by atoms with Gasteiger partial charge in [-0.2, -0.15) is 0 Å². The lowest BCUT2D eigenvalue weighted by atomic mass is 9.72. The molecule has 102 valence electrons. The van der Waals surface area contributed by atoms with Crippen LogP contribution in [-0.4, -0.2) is 15.9 Å². The fraction of sp³-hybridized carbons (Fsp3) is 0.533. The van der Waals surface area contributed by atoms with Crippen molar-refractivity contribution in [2.45, 2.75) is 40.0 Å². The van der Waals surface area contributed by atoms with Gasteiger partial charge in [0.25, 0.3) is 0 Å². The molecule has 0 saturated heterocycles. The average Bonchev–Trinajstić information content (AvgIpc) is 2.36. The van der Waals surface area contributed by atoms with E-state index >= 15 is 0 Å². The van der Waals surface area contributed by atoms with Gasteiger partial charge in [0.05, 0.1) is 0 Å². The summed E-state index contributed by atoms with van der Waals surface area (Å²) in [4.78, 5) is 19.9. The van der Waals surface area contributed by atoms with Crippen molar-refractivity contribution in [2.24, 2.45) is 11.3 Å². The molecule has 19 heavy (non-hydrogen) atoms. The highest BCUT2D eigenvalue weighted by atomic mass is 16.1. The van der Waals surface area contributed by atoms with Gasteiger partial charge in [0, 0.05) is 11.9 Å². The van der Waals surface area contributed by atoms with E-state index in [1.807, 2.05) is 6.20 Å². The molecule has 0 aliphatic heterocycles. The number of hydrogen-bond donors (Lipinski definition) is 1. The Morgan fingerprint density at radius 2 is 2.26 bits per heavy atom. The van der Waals surface area contributed by atoms with Crippen molar-refractivity contribution in [3.05, 3.63) is 30.1 Å². The summed E-state index contributed by atoms with van der Waals surface area (Å²) in [5, 5.41) is 2.60. The molecule has 0 aromatic carbocycles. The van der Waals surface area contributed by atoms with Crippen LogP contribution in [-0.2, 0) is 17.6 Å². The molecule has 0 bridgehead atoms. The minimum atomic E-state index is -0.275. The van der Waals surface area contributed by atoms with Gasteiger partial charge >= 0.3 is 0 Å². The average molecular weight is 259 g/mol. The highest BCUT2D eigenvalue weighted by Gasteiger charge is 2.29. The van der Waals surface area contributed by atoms with Crippen molar-refractivity contribution < 1.29 is 4.79 Å². The zero-order valence-electron chi connectivity index (χ0n) is 11.9. The zero-order chi connectivity index (χ0) is 14.0. The van der Waals surface area contributed by atoms with E-state index in [1.165, 1.54) is 11.6 Å². The molecule has 0 fully saturated rings. The highest BCUT2D eigenvalue weighted by molar-refractivity contribution is 5.97. The third-order valence-electron chi connectivity index (χ3n) is 3.80. The number of amides is 1. The first-order valence-electron chi connectivity index (χ1n) is 6.68. The van der Waals surface area contributed by atoms with Crippen LogP contribution in [0.4, 0.5) is 5.95 Å².